The number of aliphatic hydroxyl groups is 2. The Labute approximate surface area is 81.0 Å². The number of hydrogen-bond donors (Lipinski definition) is 2. The third kappa shape index (κ3) is 2.68. The zero-order valence-corrected chi connectivity index (χ0v) is 9.22. The largest absolute Gasteiger partial charge is 0.396 e. The SMILES string of the molecule is CC1(C)CC(C)(O)CC(C)(CO)C1. The molecule has 0 bridgehead atoms. The van der Waals surface area contributed by atoms with Crippen molar-refractivity contribution in [2.24, 2.45) is 10.8 Å². The summed E-state index contributed by atoms with van der Waals surface area (Å²) < 4.78 is 0. The molecule has 1 saturated carbocycles. The molecule has 1 fully saturated rings. The van der Waals surface area contributed by atoms with E-state index >= 15 is 0 Å². The van der Waals surface area contributed by atoms with Crippen LogP contribution in [-0.2, 0) is 0 Å². The predicted molar refractivity (Wildman–Crippen MR) is 53.4 cm³/mol. The summed E-state index contributed by atoms with van der Waals surface area (Å²) in [5.74, 6) is 0. The minimum atomic E-state index is -0.612. The van der Waals surface area contributed by atoms with Crippen LogP contribution < -0.4 is 0 Å². The molecule has 2 heteroatoms. The smallest absolute Gasteiger partial charge is 0.0630 e. The van der Waals surface area contributed by atoms with Gasteiger partial charge in [0.1, 0.15) is 0 Å². The minimum absolute atomic E-state index is 0.106. The zero-order chi connectivity index (χ0) is 10.3. The highest BCUT2D eigenvalue weighted by Gasteiger charge is 2.45. The summed E-state index contributed by atoms with van der Waals surface area (Å²) in [6.45, 7) is 8.43. The second-order valence-corrected chi connectivity index (χ2v) is 6.16. The third-order valence-electron chi connectivity index (χ3n) is 2.95. The fourth-order valence-electron chi connectivity index (χ4n) is 3.41. The Morgan fingerprint density at radius 1 is 1.00 bits per heavy atom. The average Bonchev–Trinajstić information content (AvgIpc) is 1.79. The van der Waals surface area contributed by atoms with E-state index in [9.17, 15) is 10.2 Å². The van der Waals surface area contributed by atoms with Gasteiger partial charge in [0.05, 0.1) is 5.60 Å². The summed E-state index contributed by atoms with van der Waals surface area (Å²) in [5.41, 5.74) is -0.580. The van der Waals surface area contributed by atoms with Crippen LogP contribution >= 0.6 is 0 Å². The van der Waals surface area contributed by atoms with Gasteiger partial charge in [0.25, 0.3) is 0 Å². The van der Waals surface area contributed by atoms with E-state index in [1.165, 1.54) is 0 Å². The van der Waals surface area contributed by atoms with Gasteiger partial charge in [-0.2, -0.15) is 0 Å². The summed E-state index contributed by atoms with van der Waals surface area (Å²) in [6.07, 6.45) is 2.53. The molecule has 0 radical (unpaired) electrons. The molecule has 78 valence electrons. The van der Waals surface area contributed by atoms with E-state index in [1.807, 2.05) is 6.92 Å². The molecule has 2 atom stereocenters. The van der Waals surface area contributed by atoms with Gasteiger partial charge in [0.15, 0.2) is 0 Å². The Hall–Kier alpha value is -0.0800. The van der Waals surface area contributed by atoms with Gasteiger partial charge in [-0.3, -0.25) is 0 Å². The Balaban J connectivity index is 2.84. The van der Waals surface area contributed by atoms with Crippen LogP contribution in [0.3, 0.4) is 0 Å². The van der Waals surface area contributed by atoms with Crippen molar-refractivity contribution in [1.82, 2.24) is 0 Å². The normalized spacial score (nSPS) is 44.8. The first-order valence-corrected chi connectivity index (χ1v) is 5.01. The highest BCUT2D eigenvalue weighted by Crippen LogP contribution is 2.49. The summed E-state index contributed by atoms with van der Waals surface area (Å²) >= 11 is 0. The number of aliphatic hydroxyl groups excluding tert-OH is 1. The molecule has 2 unspecified atom stereocenters. The molecule has 0 heterocycles. The standard InChI is InChI=1S/C11H22O2/c1-9(2)5-10(3,8-12)7-11(4,13)6-9/h12-13H,5-8H2,1-4H3. The molecule has 1 aliphatic carbocycles. The monoisotopic (exact) mass is 186 g/mol. The van der Waals surface area contributed by atoms with Gasteiger partial charge in [-0.1, -0.05) is 20.8 Å². The molecule has 0 amide bonds. The topological polar surface area (TPSA) is 40.5 Å². The summed E-state index contributed by atoms with van der Waals surface area (Å²) in [5, 5.41) is 19.4. The van der Waals surface area contributed by atoms with Gasteiger partial charge in [0.2, 0.25) is 0 Å². The summed E-state index contributed by atoms with van der Waals surface area (Å²) in [7, 11) is 0. The van der Waals surface area contributed by atoms with E-state index in [4.69, 9.17) is 0 Å². The quantitative estimate of drug-likeness (QED) is 0.657. The number of rotatable bonds is 1. The molecule has 2 N–H and O–H groups in total. The van der Waals surface area contributed by atoms with Gasteiger partial charge in [-0.05, 0) is 37.0 Å². The minimum Gasteiger partial charge on any atom is -0.396 e. The Kier molecular flexibility index (Phi) is 2.50. The Morgan fingerprint density at radius 3 is 1.92 bits per heavy atom. The predicted octanol–water partition coefficient (Wildman–Crippen LogP) is 1.95. The van der Waals surface area contributed by atoms with Crippen LogP contribution in [0.5, 0.6) is 0 Å². The first-order valence-electron chi connectivity index (χ1n) is 5.01. The van der Waals surface area contributed by atoms with Gasteiger partial charge in [-0.25, -0.2) is 0 Å². The second kappa shape index (κ2) is 2.96. The van der Waals surface area contributed by atoms with Crippen molar-refractivity contribution in [3.63, 3.8) is 0 Å². The van der Waals surface area contributed by atoms with E-state index in [2.05, 4.69) is 20.8 Å². The Bertz CT molecular complexity index is 178. The highest BCUT2D eigenvalue weighted by molar-refractivity contribution is 4.96. The molecule has 0 spiro atoms. The van der Waals surface area contributed by atoms with Crippen molar-refractivity contribution in [3.8, 4) is 0 Å². The van der Waals surface area contributed by atoms with Crippen molar-refractivity contribution in [2.45, 2.75) is 52.6 Å². The van der Waals surface area contributed by atoms with Crippen molar-refractivity contribution in [2.75, 3.05) is 6.61 Å². The fourth-order valence-corrected chi connectivity index (χ4v) is 3.41. The Morgan fingerprint density at radius 2 is 1.54 bits per heavy atom. The molecule has 0 aliphatic heterocycles. The number of hydrogen-bond acceptors (Lipinski definition) is 2. The first kappa shape index (κ1) is 11.0. The molecule has 2 nitrogen and oxygen atoms in total. The van der Waals surface area contributed by atoms with Crippen molar-refractivity contribution in [1.29, 1.82) is 0 Å². The first-order chi connectivity index (χ1) is 5.68. The van der Waals surface area contributed by atoms with Crippen molar-refractivity contribution >= 4 is 0 Å². The lowest BCUT2D eigenvalue weighted by Gasteiger charge is -2.48. The van der Waals surface area contributed by atoms with Crippen LogP contribution in [0.25, 0.3) is 0 Å². The second-order valence-electron chi connectivity index (χ2n) is 6.16. The maximum atomic E-state index is 10.1. The lowest BCUT2D eigenvalue weighted by atomic mass is 9.60. The van der Waals surface area contributed by atoms with Crippen LogP contribution in [0.2, 0.25) is 0 Å². The van der Waals surface area contributed by atoms with Crippen molar-refractivity contribution in [3.05, 3.63) is 0 Å². The fraction of sp³-hybridized carbons (Fsp3) is 1.00. The van der Waals surface area contributed by atoms with Crippen LogP contribution in [0, 0.1) is 10.8 Å². The molecular formula is C11H22O2. The van der Waals surface area contributed by atoms with Gasteiger partial charge < -0.3 is 10.2 Å². The van der Waals surface area contributed by atoms with Crippen molar-refractivity contribution < 1.29 is 10.2 Å². The van der Waals surface area contributed by atoms with E-state index in [0.29, 0.717) is 6.42 Å². The lowest BCUT2D eigenvalue weighted by Crippen LogP contribution is -2.46. The van der Waals surface area contributed by atoms with Crippen LogP contribution in [0.15, 0.2) is 0 Å². The van der Waals surface area contributed by atoms with Gasteiger partial charge in [-0.15, -0.1) is 0 Å². The van der Waals surface area contributed by atoms with E-state index < -0.39 is 5.60 Å². The highest BCUT2D eigenvalue weighted by atomic mass is 16.3. The third-order valence-corrected chi connectivity index (χ3v) is 2.95. The maximum absolute atomic E-state index is 10.1. The van der Waals surface area contributed by atoms with Crippen LogP contribution in [-0.4, -0.2) is 22.4 Å². The summed E-state index contributed by atoms with van der Waals surface area (Å²) in [4.78, 5) is 0. The molecule has 13 heavy (non-hydrogen) atoms. The van der Waals surface area contributed by atoms with E-state index in [0.717, 1.165) is 12.8 Å². The van der Waals surface area contributed by atoms with Gasteiger partial charge in [0, 0.05) is 6.61 Å². The molecule has 0 aromatic heterocycles. The molecule has 0 aromatic rings. The summed E-state index contributed by atoms with van der Waals surface area (Å²) in [6, 6.07) is 0. The van der Waals surface area contributed by atoms with E-state index in [-0.39, 0.29) is 17.4 Å². The molecule has 0 saturated heterocycles. The average molecular weight is 186 g/mol. The molecular weight excluding hydrogens is 164 g/mol. The lowest BCUT2D eigenvalue weighted by molar-refractivity contribution is -0.0939. The maximum Gasteiger partial charge on any atom is 0.0630 e. The molecule has 1 rings (SSSR count). The van der Waals surface area contributed by atoms with E-state index in [1.54, 1.807) is 0 Å². The zero-order valence-electron chi connectivity index (χ0n) is 9.22. The van der Waals surface area contributed by atoms with Gasteiger partial charge >= 0.3 is 0 Å². The molecule has 0 aromatic carbocycles. The van der Waals surface area contributed by atoms with Crippen LogP contribution in [0.1, 0.15) is 47.0 Å². The van der Waals surface area contributed by atoms with Crippen LogP contribution in [0.4, 0.5) is 0 Å². The molecule has 1 aliphatic rings.